The van der Waals surface area contributed by atoms with Crippen LogP contribution in [0.2, 0.25) is 0 Å². The minimum absolute atomic E-state index is 0.0441. The van der Waals surface area contributed by atoms with Crippen LogP contribution in [0.25, 0.3) is 0 Å². The first-order chi connectivity index (χ1) is 12.6. The molecule has 0 saturated heterocycles. The Morgan fingerprint density at radius 2 is 1.74 bits per heavy atom. The van der Waals surface area contributed by atoms with Gasteiger partial charge in [-0.2, -0.15) is 0 Å². The smallest absolute Gasteiger partial charge is 0.341 e. The normalized spacial score (nSPS) is 11.0. The summed E-state index contributed by atoms with van der Waals surface area (Å²) in [5.74, 6) is -2.08. The van der Waals surface area contributed by atoms with Gasteiger partial charge in [-0.3, -0.25) is 9.59 Å². The molecule has 2 aromatic rings. The van der Waals surface area contributed by atoms with Crippen molar-refractivity contribution in [2.45, 2.75) is 17.6 Å². The van der Waals surface area contributed by atoms with E-state index in [9.17, 15) is 14.4 Å². The molecular weight excluding hydrogens is 435 g/mol. The predicted molar refractivity (Wildman–Crippen MR) is 108 cm³/mol. The number of amides is 2. The highest BCUT2D eigenvalue weighted by molar-refractivity contribution is 7.19. The standard InChI is InChI=1S/C17H15Cl3N2O4S/c1-3-26-15(24)11-9(2)12(13(23)21-10-7-5-4-6-8-10)27-14(11)22-16(25)17(18,19)20/h4-8H,3H2,1-2H3,(H,21,23)(H,22,25). The fourth-order valence-corrected chi connectivity index (χ4v) is 3.38. The highest BCUT2D eigenvalue weighted by Gasteiger charge is 2.34. The lowest BCUT2D eigenvalue weighted by Gasteiger charge is -2.11. The lowest BCUT2D eigenvalue weighted by Crippen LogP contribution is -2.27. The Bertz CT molecular complexity index is 863. The van der Waals surface area contributed by atoms with E-state index >= 15 is 0 Å². The Labute approximate surface area is 174 Å². The molecule has 144 valence electrons. The molecule has 1 heterocycles. The van der Waals surface area contributed by atoms with Gasteiger partial charge in [0.15, 0.2) is 0 Å². The molecule has 0 saturated carbocycles. The summed E-state index contributed by atoms with van der Waals surface area (Å²) in [7, 11) is 0. The molecule has 0 aliphatic heterocycles. The van der Waals surface area contributed by atoms with Crippen LogP contribution in [-0.2, 0) is 9.53 Å². The summed E-state index contributed by atoms with van der Waals surface area (Å²) >= 11 is 17.6. The first-order valence-electron chi connectivity index (χ1n) is 7.70. The molecule has 0 bridgehead atoms. The van der Waals surface area contributed by atoms with Crippen molar-refractivity contribution in [1.29, 1.82) is 0 Å². The molecule has 0 radical (unpaired) electrons. The largest absolute Gasteiger partial charge is 0.462 e. The van der Waals surface area contributed by atoms with Crippen LogP contribution in [-0.4, -0.2) is 28.2 Å². The maximum Gasteiger partial charge on any atom is 0.341 e. The van der Waals surface area contributed by atoms with Crippen LogP contribution in [0.3, 0.4) is 0 Å². The van der Waals surface area contributed by atoms with Gasteiger partial charge in [0, 0.05) is 5.69 Å². The number of carbonyl (C=O) groups is 3. The molecule has 2 rings (SSSR count). The molecule has 0 spiro atoms. The van der Waals surface area contributed by atoms with Gasteiger partial charge in [0.2, 0.25) is 0 Å². The van der Waals surface area contributed by atoms with E-state index < -0.39 is 21.6 Å². The predicted octanol–water partition coefficient (Wildman–Crippen LogP) is 4.79. The summed E-state index contributed by atoms with van der Waals surface area (Å²) in [5, 5.41) is 5.17. The third kappa shape index (κ3) is 5.35. The number of anilines is 2. The number of ether oxygens (including phenoxy) is 1. The van der Waals surface area contributed by atoms with E-state index in [4.69, 9.17) is 39.5 Å². The second-order valence-electron chi connectivity index (χ2n) is 5.25. The first kappa shape index (κ1) is 21.5. The summed E-state index contributed by atoms with van der Waals surface area (Å²) < 4.78 is 2.79. The number of halogens is 3. The summed E-state index contributed by atoms with van der Waals surface area (Å²) in [6.45, 7) is 3.34. The van der Waals surface area contributed by atoms with Gasteiger partial charge in [0.05, 0.1) is 17.0 Å². The number of carbonyl (C=O) groups excluding carboxylic acids is 3. The van der Waals surface area contributed by atoms with Gasteiger partial charge < -0.3 is 15.4 Å². The van der Waals surface area contributed by atoms with E-state index in [0.717, 1.165) is 11.3 Å². The fourth-order valence-electron chi connectivity index (χ4n) is 2.15. The first-order valence-corrected chi connectivity index (χ1v) is 9.65. The number of rotatable bonds is 5. The van der Waals surface area contributed by atoms with E-state index in [2.05, 4.69) is 10.6 Å². The van der Waals surface area contributed by atoms with Crippen LogP contribution in [0, 0.1) is 6.92 Å². The average molecular weight is 450 g/mol. The van der Waals surface area contributed by atoms with Crippen molar-refractivity contribution in [2.75, 3.05) is 17.2 Å². The van der Waals surface area contributed by atoms with Crippen molar-refractivity contribution in [3.8, 4) is 0 Å². The zero-order valence-electron chi connectivity index (χ0n) is 14.3. The zero-order chi connectivity index (χ0) is 20.2. The molecule has 2 amide bonds. The maximum atomic E-state index is 12.6. The van der Waals surface area contributed by atoms with Crippen LogP contribution in [0.4, 0.5) is 10.7 Å². The van der Waals surface area contributed by atoms with Crippen LogP contribution in [0.5, 0.6) is 0 Å². The van der Waals surface area contributed by atoms with Crippen molar-refractivity contribution >= 4 is 74.6 Å². The Balaban J connectivity index is 2.41. The molecule has 0 atom stereocenters. The van der Waals surface area contributed by atoms with Crippen LogP contribution in [0.1, 0.15) is 32.5 Å². The van der Waals surface area contributed by atoms with Gasteiger partial charge in [-0.15, -0.1) is 11.3 Å². The van der Waals surface area contributed by atoms with E-state index in [-0.39, 0.29) is 22.0 Å². The number of hydrogen-bond acceptors (Lipinski definition) is 5. The highest BCUT2D eigenvalue weighted by atomic mass is 35.6. The Hall–Kier alpha value is -1.80. The maximum absolute atomic E-state index is 12.6. The third-order valence-corrected chi connectivity index (χ3v) is 5.07. The highest BCUT2D eigenvalue weighted by Crippen LogP contribution is 2.36. The third-order valence-electron chi connectivity index (χ3n) is 3.35. The van der Waals surface area contributed by atoms with Crippen molar-refractivity contribution in [3.05, 3.63) is 46.3 Å². The number of benzene rings is 1. The molecule has 6 nitrogen and oxygen atoms in total. The van der Waals surface area contributed by atoms with Gasteiger partial charge in [0.25, 0.3) is 15.6 Å². The van der Waals surface area contributed by atoms with Gasteiger partial charge in [-0.1, -0.05) is 53.0 Å². The second-order valence-corrected chi connectivity index (χ2v) is 8.55. The van der Waals surface area contributed by atoms with Crippen molar-refractivity contribution in [2.24, 2.45) is 0 Å². The number of nitrogens with one attached hydrogen (secondary N) is 2. The number of para-hydroxylation sites is 1. The summed E-state index contributed by atoms with van der Waals surface area (Å²) in [6, 6.07) is 8.80. The van der Waals surface area contributed by atoms with Gasteiger partial charge in [0.1, 0.15) is 5.00 Å². The molecular formula is C17H15Cl3N2O4S. The molecule has 0 fully saturated rings. The minimum atomic E-state index is -2.23. The van der Waals surface area contributed by atoms with Crippen LogP contribution < -0.4 is 10.6 Å². The summed E-state index contributed by atoms with van der Waals surface area (Å²) in [6.07, 6.45) is 0. The molecule has 2 N–H and O–H groups in total. The van der Waals surface area contributed by atoms with E-state index in [1.165, 1.54) is 0 Å². The molecule has 10 heteroatoms. The van der Waals surface area contributed by atoms with E-state index in [0.29, 0.717) is 11.3 Å². The topological polar surface area (TPSA) is 84.5 Å². The molecule has 0 aliphatic carbocycles. The Kier molecular flexibility index (Phi) is 7.11. The van der Waals surface area contributed by atoms with Crippen molar-refractivity contribution < 1.29 is 19.1 Å². The quantitative estimate of drug-likeness (QED) is 0.507. The Morgan fingerprint density at radius 1 is 1.11 bits per heavy atom. The van der Waals surface area contributed by atoms with E-state index in [1.807, 2.05) is 6.07 Å². The second kappa shape index (κ2) is 8.93. The van der Waals surface area contributed by atoms with Gasteiger partial charge >= 0.3 is 5.97 Å². The van der Waals surface area contributed by atoms with Crippen LogP contribution >= 0.6 is 46.1 Å². The minimum Gasteiger partial charge on any atom is -0.462 e. The van der Waals surface area contributed by atoms with Crippen molar-refractivity contribution in [1.82, 2.24) is 0 Å². The number of thiophene rings is 1. The lowest BCUT2D eigenvalue weighted by atomic mass is 10.1. The molecule has 0 aliphatic rings. The SMILES string of the molecule is CCOC(=O)c1c(NC(=O)C(Cl)(Cl)Cl)sc(C(=O)Nc2ccccc2)c1C. The number of alkyl halides is 3. The molecule has 27 heavy (non-hydrogen) atoms. The summed E-state index contributed by atoms with van der Waals surface area (Å²) in [5.41, 5.74) is 0.981. The fraction of sp³-hybridized carbons (Fsp3) is 0.235. The van der Waals surface area contributed by atoms with Gasteiger partial charge in [-0.25, -0.2) is 4.79 Å². The van der Waals surface area contributed by atoms with Crippen LogP contribution in [0.15, 0.2) is 30.3 Å². The zero-order valence-corrected chi connectivity index (χ0v) is 17.4. The van der Waals surface area contributed by atoms with Crippen molar-refractivity contribution in [3.63, 3.8) is 0 Å². The van der Waals surface area contributed by atoms with E-state index in [1.54, 1.807) is 38.1 Å². The molecule has 0 unspecified atom stereocenters. The Morgan fingerprint density at radius 3 is 2.30 bits per heavy atom. The average Bonchev–Trinajstić information content (AvgIpc) is 2.91. The van der Waals surface area contributed by atoms with Gasteiger partial charge in [-0.05, 0) is 31.5 Å². The summed E-state index contributed by atoms with van der Waals surface area (Å²) in [4.78, 5) is 37.2. The monoisotopic (exact) mass is 448 g/mol. The lowest BCUT2D eigenvalue weighted by molar-refractivity contribution is -0.115. The molecule has 1 aromatic carbocycles. The number of hydrogen-bond donors (Lipinski definition) is 2. The molecule has 1 aromatic heterocycles. The number of esters is 1.